The summed E-state index contributed by atoms with van der Waals surface area (Å²) in [6, 6.07) is 11.8. The molecule has 0 saturated heterocycles. The van der Waals surface area contributed by atoms with Gasteiger partial charge in [0.15, 0.2) is 0 Å². The molecular formula is C13H15N3. The highest BCUT2D eigenvalue weighted by Crippen LogP contribution is 2.09. The number of benzene rings is 1. The zero-order valence-corrected chi connectivity index (χ0v) is 9.27. The highest BCUT2D eigenvalue weighted by Gasteiger charge is 1.95. The number of hydrogen-bond acceptors (Lipinski definition) is 3. The minimum Gasteiger partial charge on any atom is -0.399 e. The van der Waals surface area contributed by atoms with Crippen LogP contribution in [0.3, 0.4) is 0 Å². The van der Waals surface area contributed by atoms with E-state index < -0.39 is 0 Å². The van der Waals surface area contributed by atoms with Crippen LogP contribution in [0.1, 0.15) is 11.1 Å². The van der Waals surface area contributed by atoms with Gasteiger partial charge in [-0.05, 0) is 36.2 Å². The number of rotatable bonds is 3. The standard InChI is InChI=1S/C13H15N3/c1-10-5-6-13(15-8-10)16-9-11-3-2-4-12(14)7-11/h2-8H,9,14H2,1H3,(H,15,16). The molecule has 0 amide bonds. The van der Waals surface area contributed by atoms with E-state index in [-0.39, 0.29) is 0 Å². The number of hydrogen-bond donors (Lipinski definition) is 2. The third kappa shape index (κ3) is 2.73. The van der Waals surface area contributed by atoms with E-state index in [0.717, 1.165) is 29.2 Å². The second kappa shape index (κ2) is 4.66. The minimum atomic E-state index is 0.737. The first-order chi connectivity index (χ1) is 7.74. The summed E-state index contributed by atoms with van der Waals surface area (Å²) >= 11 is 0. The van der Waals surface area contributed by atoms with E-state index in [0.29, 0.717) is 0 Å². The van der Waals surface area contributed by atoms with Gasteiger partial charge in [-0.1, -0.05) is 18.2 Å². The van der Waals surface area contributed by atoms with Gasteiger partial charge in [-0.15, -0.1) is 0 Å². The van der Waals surface area contributed by atoms with Crippen LogP contribution in [0.25, 0.3) is 0 Å². The number of aromatic nitrogens is 1. The van der Waals surface area contributed by atoms with Crippen molar-refractivity contribution in [2.24, 2.45) is 0 Å². The molecule has 3 nitrogen and oxygen atoms in total. The van der Waals surface area contributed by atoms with Gasteiger partial charge in [0.2, 0.25) is 0 Å². The fourth-order valence-corrected chi connectivity index (χ4v) is 1.47. The van der Waals surface area contributed by atoms with Gasteiger partial charge in [0.25, 0.3) is 0 Å². The second-order valence-corrected chi connectivity index (χ2v) is 3.82. The van der Waals surface area contributed by atoms with Crippen LogP contribution in [0.4, 0.5) is 11.5 Å². The molecule has 0 bridgehead atoms. The van der Waals surface area contributed by atoms with Crippen molar-refractivity contribution in [2.45, 2.75) is 13.5 Å². The molecule has 0 saturated carbocycles. The molecule has 3 heteroatoms. The Morgan fingerprint density at radius 1 is 1.25 bits per heavy atom. The van der Waals surface area contributed by atoms with E-state index in [1.54, 1.807) is 0 Å². The number of nitrogens with zero attached hydrogens (tertiary/aromatic N) is 1. The van der Waals surface area contributed by atoms with Crippen LogP contribution in [-0.4, -0.2) is 4.98 Å². The topological polar surface area (TPSA) is 50.9 Å². The maximum Gasteiger partial charge on any atom is 0.126 e. The van der Waals surface area contributed by atoms with Crippen LogP contribution in [-0.2, 0) is 6.54 Å². The van der Waals surface area contributed by atoms with Crippen LogP contribution in [0.5, 0.6) is 0 Å². The SMILES string of the molecule is Cc1ccc(NCc2cccc(N)c2)nc1. The van der Waals surface area contributed by atoms with Crippen molar-refractivity contribution in [2.75, 3.05) is 11.1 Å². The fraction of sp³-hybridized carbons (Fsp3) is 0.154. The molecule has 0 spiro atoms. The monoisotopic (exact) mass is 213 g/mol. The Hall–Kier alpha value is -2.03. The zero-order chi connectivity index (χ0) is 11.4. The van der Waals surface area contributed by atoms with E-state index in [1.165, 1.54) is 0 Å². The lowest BCUT2D eigenvalue weighted by molar-refractivity contribution is 1.11. The van der Waals surface area contributed by atoms with E-state index >= 15 is 0 Å². The molecule has 1 heterocycles. The lowest BCUT2D eigenvalue weighted by atomic mass is 10.2. The summed E-state index contributed by atoms with van der Waals surface area (Å²) in [4.78, 5) is 4.27. The molecule has 2 aromatic rings. The van der Waals surface area contributed by atoms with Gasteiger partial charge >= 0.3 is 0 Å². The summed E-state index contributed by atoms with van der Waals surface area (Å²) in [5, 5.41) is 3.25. The molecule has 0 aliphatic carbocycles. The van der Waals surface area contributed by atoms with Gasteiger partial charge in [0.1, 0.15) is 5.82 Å². The summed E-state index contributed by atoms with van der Waals surface area (Å²) in [5.41, 5.74) is 8.81. The smallest absolute Gasteiger partial charge is 0.126 e. The minimum absolute atomic E-state index is 0.737. The van der Waals surface area contributed by atoms with Crippen molar-refractivity contribution >= 4 is 11.5 Å². The quantitative estimate of drug-likeness (QED) is 0.770. The van der Waals surface area contributed by atoms with E-state index in [2.05, 4.69) is 10.3 Å². The van der Waals surface area contributed by atoms with E-state index in [1.807, 2.05) is 49.5 Å². The van der Waals surface area contributed by atoms with Crippen molar-refractivity contribution in [3.8, 4) is 0 Å². The Morgan fingerprint density at radius 3 is 2.81 bits per heavy atom. The number of nitrogens with one attached hydrogen (secondary N) is 1. The van der Waals surface area contributed by atoms with E-state index in [9.17, 15) is 0 Å². The molecule has 16 heavy (non-hydrogen) atoms. The van der Waals surface area contributed by atoms with E-state index in [4.69, 9.17) is 5.73 Å². The summed E-state index contributed by atoms with van der Waals surface area (Å²) in [5.74, 6) is 0.882. The largest absolute Gasteiger partial charge is 0.399 e. The normalized spacial score (nSPS) is 10.1. The van der Waals surface area contributed by atoms with Gasteiger partial charge in [0.05, 0.1) is 0 Å². The summed E-state index contributed by atoms with van der Waals surface area (Å²) in [6.45, 7) is 2.76. The Labute approximate surface area is 95.3 Å². The average Bonchev–Trinajstić information content (AvgIpc) is 2.28. The lowest BCUT2D eigenvalue weighted by Gasteiger charge is -2.06. The molecule has 0 radical (unpaired) electrons. The van der Waals surface area contributed by atoms with Gasteiger partial charge in [-0.25, -0.2) is 4.98 Å². The number of nitrogen functional groups attached to an aromatic ring is 1. The highest BCUT2D eigenvalue weighted by atomic mass is 15.0. The van der Waals surface area contributed by atoms with Gasteiger partial charge in [0, 0.05) is 18.4 Å². The van der Waals surface area contributed by atoms with Crippen molar-refractivity contribution in [3.63, 3.8) is 0 Å². The van der Waals surface area contributed by atoms with Gasteiger partial charge in [-0.2, -0.15) is 0 Å². The maximum atomic E-state index is 5.70. The molecule has 0 aliphatic rings. The number of pyridine rings is 1. The first-order valence-electron chi connectivity index (χ1n) is 5.25. The molecule has 3 N–H and O–H groups in total. The number of aryl methyl sites for hydroxylation is 1. The molecule has 1 aromatic heterocycles. The van der Waals surface area contributed by atoms with Crippen molar-refractivity contribution in [1.82, 2.24) is 4.98 Å². The number of anilines is 2. The highest BCUT2D eigenvalue weighted by molar-refractivity contribution is 5.42. The summed E-state index contributed by atoms with van der Waals surface area (Å²) in [7, 11) is 0. The molecule has 0 aliphatic heterocycles. The molecule has 0 unspecified atom stereocenters. The zero-order valence-electron chi connectivity index (χ0n) is 9.27. The van der Waals surface area contributed by atoms with Gasteiger partial charge in [-0.3, -0.25) is 0 Å². The van der Waals surface area contributed by atoms with Crippen LogP contribution < -0.4 is 11.1 Å². The molecule has 0 fully saturated rings. The Bertz CT molecular complexity index is 463. The summed E-state index contributed by atoms with van der Waals surface area (Å²) < 4.78 is 0. The van der Waals surface area contributed by atoms with Crippen LogP contribution in [0.15, 0.2) is 42.6 Å². The van der Waals surface area contributed by atoms with Crippen molar-refractivity contribution < 1.29 is 0 Å². The first-order valence-corrected chi connectivity index (χ1v) is 5.25. The average molecular weight is 213 g/mol. The molecule has 0 atom stereocenters. The van der Waals surface area contributed by atoms with Crippen LogP contribution >= 0.6 is 0 Å². The predicted octanol–water partition coefficient (Wildman–Crippen LogP) is 2.58. The maximum absolute atomic E-state index is 5.70. The van der Waals surface area contributed by atoms with Crippen molar-refractivity contribution in [3.05, 3.63) is 53.7 Å². The fourth-order valence-electron chi connectivity index (χ4n) is 1.47. The molecule has 1 aromatic carbocycles. The Kier molecular flexibility index (Phi) is 3.05. The lowest BCUT2D eigenvalue weighted by Crippen LogP contribution is -2.01. The first kappa shape index (κ1) is 10.5. The molecular weight excluding hydrogens is 198 g/mol. The third-order valence-corrected chi connectivity index (χ3v) is 2.34. The Morgan fingerprint density at radius 2 is 2.12 bits per heavy atom. The third-order valence-electron chi connectivity index (χ3n) is 2.34. The molecule has 82 valence electrons. The van der Waals surface area contributed by atoms with Crippen LogP contribution in [0.2, 0.25) is 0 Å². The number of nitrogens with two attached hydrogens (primary N) is 1. The Balaban J connectivity index is 1.99. The second-order valence-electron chi connectivity index (χ2n) is 3.82. The van der Waals surface area contributed by atoms with Crippen LogP contribution in [0, 0.1) is 6.92 Å². The van der Waals surface area contributed by atoms with Crippen molar-refractivity contribution in [1.29, 1.82) is 0 Å². The van der Waals surface area contributed by atoms with Gasteiger partial charge < -0.3 is 11.1 Å². The molecule has 2 rings (SSSR count). The predicted molar refractivity (Wildman–Crippen MR) is 67.2 cm³/mol. The summed E-state index contributed by atoms with van der Waals surface area (Å²) in [6.07, 6.45) is 1.85.